The largest absolute Gasteiger partial charge is 0.452 e. The first-order valence-electron chi connectivity index (χ1n) is 8.35. The number of esters is 1. The second kappa shape index (κ2) is 9.72. The molecule has 2 aromatic rings. The molecule has 0 atom stereocenters. The molecule has 0 bridgehead atoms. The van der Waals surface area contributed by atoms with Gasteiger partial charge >= 0.3 is 5.97 Å². The molecule has 2 amide bonds. The van der Waals surface area contributed by atoms with Gasteiger partial charge in [0, 0.05) is 12.1 Å². The minimum atomic E-state index is -0.769. The molecule has 1 aromatic carbocycles. The number of hydrogen-bond acceptors (Lipinski definition) is 6. The van der Waals surface area contributed by atoms with Crippen molar-refractivity contribution in [3.8, 4) is 11.3 Å². The number of hydrogen-bond donors (Lipinski definition) is 2. The molecule has 0 fully saturated rings. The number of aryl methyl sites for hydroxylation is 1. The molecule has 8 nitrogen and oxygen atoms in total. The minimum absolute atomic E-state index is 0.0941. The molecule has 27 heavy (non-hydrogen) atoms. The van der Waals surface area contributed by atoms with E-state index < -0.39 is 18.5 Å². The fraction of sp³-hybridized carbons (Fsp3) is 0.333. The molecule has 1 heterocycles. The van der Waals surface area contributed by atoms with Crippen LogP contribution in [0.4, 0.5) is 0 Å². The van der Waals surface area contributed by atoms with E-state index in [-0.39, 0.29) is 29.5 Å². The van der Waals surface area contributed by atoms with Gasteiger partial charge in [0.15, 0.2) is 6.61 Å². The molecule has 1 aromatic heterocycles. The van der Waals surface area contributed by atoms with E-state index >= 15 is 0 Å². The molecule has 0 aliphatic heterocycles. The van der Waals surface area contributed by atoms with Gasteiger partial charge in [0.2, 0.25) is 5.91 Å². The van der Waals surface area contributed by atoms with Crippen molar-refractivity contribution in [2.45, 2.75) is 20.3 Å². The first-order valence-corrected chi connectivity index (χ1v) is 8.73. The van der Waals surface area contributed by atoms with Gasteiger partial charge in [-0.2, -0.15) is 0 Å². The van der Waals surface area contributed by atoms with Crippen LogP contribution in [0.3, 0.4) is 0 Å². The fourth-order valence-electron chi connectivity index (χ4n) is 2.21. The Bertz CT molecular complexity index is 834. The molecular formula is C18H20ClN3O5. The van der Waals surface area contributed by atoms with Crippen LogP contribution in [0, 0.1) is 6.92 Å². The third kappa shape index (κ3) is 5.55. The van der Waals surface area contributed by atoms with Crippen molar-refractivity contribution in [2.24, 2.45) is 0 Å². The van der Waals surface area contributed by atoms with Crippen molar-refractivity contribution >= 4 is 29.4 Å². The molecule has 2 rings (SSSR count). The highest BCUT2D eigenvalue weighted by Gasteiger charge is 2.24. The average Bonchev–Trinajstić information content (AvgIpc) is 3.04. The van der Waals surface area contributed by atoms with Gasteiger partial charge in [-0.3, -0.25) is 9.59 Å². The smallest absolute Gasteiger partial charge is 0.344 e. The van der Waals surface area contributed by atoms with Gasteiger partial charge in [-0.15, -0.1) is 0 Å². The Morgan fingerprint density at radius 1 is 1.19 bits per heavy atom. The SMILES string of the molecule is CCCNC(=O)CNC(=O)COC(=O)c1c(-c2ccccc2Cl)noc1C. The summed E-state index contributed by atoms with van der Waals surface area (Å²) in [6.45, 7) is 3.28. The van der Waals surface area contributed by atoms with Gasteiger partial charge in [-0.25, -0.2) is 4.79 Å². The standard InChI is InChI=1S/C18H20ClN3O5/c1-3-8-20-14(23)9-21-15(24)10-26-18(25)16-11(2)27-22-17(16)12-6-4-5-7-13(12)19/h4-7H,3,8-10H2,1-2H3,(H,20,23)(H,21,24). The van der Waals surface area contributed by atoms with Crippen molar-refractivity contribution in [1.82, 2.24) is 15.8 Å². The van der Waals surface area contributed by atoms with Gasteiger partial charge in [0.1, 0.15) is 17.0 Å². The zero-order valence-corrected chi connectivity index (χ0v) is 15.8. The van der Waals surface area contributed by atoms with Crippen LogP contribution < -0.4 is 10.6 Å². The van der Waals surface area contributed by atoms with E-state index in [1.807, 2.05) is 6.92 Å². The maximum atomic E-state index is 12.4. The quantitative estimate of drug-likeness (QED) is 0.664. The van der Waals surface area contributed by atoms with Crippen LogP contribution in [0.1, 0.15) is 29.5 Å². The van der Waals surface area contributed by atoms with E-state index in [0.29, 0.717) is 17.1 Å². The number of rotatable bonds is 8. The van der Waals surface area contributed by atoms with Crippen molar-refractivity contribution in [1.29, 1.82) is 0 Å². The Hall–Kier alpha value is -2.87. The van der Waals surface area contributed by atoms with Crippen molar-refractivity contribution in [3.63, 3.8) is 0 Å². The number of nitrogens with zero attached hydrogens (tertiary/aromatic N) is 1. The number of benzene rings is 1. The van der Waals surface area contributed by atoms with Gasteiger partial charge in [0.25, 0.3) is 5.91 Å². The lowest BCUT2D eigenvalue weighted by Crippen LogP contribution is -2.38. The molecule has 0 saturated carbocycles. The lowest BCUT2D eigenvalue weighted by molar-refractivity contribution is -0.127. The summed E-state index contributed by atoms with van der Waals surface area (Å²) in [6.07, 6.45) is 0.795. The van der Waals surface area contributed by atoms with Crippen LogP contribution in [0.15, 0.2) is 28.8 Å². The summed E-state index contributed by atoms with van der Waals surface area (Å²) in [5, 5.41) is 9.26. The van der Waals surface area contributed by atoms with Crippen molar-refractivity contribution in [2.75, 3.05) is 19.7 Å². The summed E-state index contributed by atoms with van der Waals surface area (Å²) in [5.41, 5.74) is 0.846. The highest BCUT2D eigenvalue weighted by molar-refractivity contribution is 6.33. The predicted molar refractivity (Wildman–Crippen MR) is 98.3 cm³/mol. The summed E-state index contributed by atoms with van der Waals surface area (Å²) in [4.78, 5) is 35.6. The number of halogens is 1. The van der Waals surface area contributed by atoms with Crippen LogP contribution in [-0.2, 0) is 14.3 Å². The summed E-state index contributed by atoms with van der Waals surface area (Å²) >= 11 is 6.14. The zero-order chi connectivity index (χ0) is 19.8. The number of aromatic nitrogens is 1. The molecule has 2 N–H and O–H groups in total. The van der Waals surface area contributed by atoms with E-state index in [9.17, 15) is 14.4 Å². The summed E-state index contributed by atoms with van der Waals surface area (Å²) in [5.74, 6) is -1.43. The maximum Gasteiger partial charge on any atom is 0.344 e. The second-order valence-electron chi connectivity index (χ2n) is 5.65. The Kier molecular flexibility index (Phi) is 7.36. The molecule has 144 valence electrons. The molecule has 0 saturated heterocycles. The first kappa shape index (κ1) is 20.4. The minimum Gasteiger partial charge on any atom is -0.452 e. The molecular weight excluding hydrogens is 374 g/mol. The molecule has 0 aliphatic rings. The molecule has 0 radical (unpaired) electrons. The third-order valence-corrected chi connectivity index (χ3v) is 3.88. The Morgan fingerprint density at radius 2 is 1.93 bits per heavy atom. The highest BCUT2D eigenvalue weighted by atomic mass is 35.5. The van der Waals surface area contributed by atoms with Gasteiger partial charge in [-0.1, -0.05) is 41.9 Å². The molecule has 0 unspecified atom stereocenters. The van der Waals surface area contributed by atoms with Crippen molar-refractivity contribution < 1.29 is 23.6 Å². The first-order chi connectivity index (χ1) is 12.9. The van der Waals surface area contributed by atoms with Crippen LogP contribution in [-0.4, -0.2) is 42.6 Å². The van der Waals surface area contributed by atoms with E-state index in [4.69, 9.17) is 20.9 Å². The van der Waals surface area contributed by atoms with Gasteiger partial charge < -0.3 is 19.9 Å². The van der Waals surface area contributed by atoms with E-state index in [1.54, 1.807) is 31.2 Å². The van der Waals surface area contributed by atoms with Crippen molar-refractivity contribution in [3.05, 3.63) is 40.6 Å². The van der Waals surface area contributed by atoms with Crippen LogP contribution in [0.2, 0.25) is 5.02 Å². The number of amides is 2. The van der Waals surface area contributed by atoms with Crippen LogP contribution >= 0.6 is 11.6 Å². The number of carbonyl (C=O) groups is 3. The van der Waals surface area contributed by atoms with E-state index in [1.165, 1.54) is 0 Å². The lowest BCUT2D eigenvalue weighted by Gasteiger charge is -2.07. The lowest BCUT2D eigenvalue weighted by atomic mass is 10.1. The Balaban J connectivity index is 1.97. The number of carbonyl (C=O) groups excluding carboxylic acids is 3. The van der Waals surface area contributed by atoms with Crippen LogP contribution in [0.5, 0.6) is 0 Å². The van der Waals surface area contributed by atoms with E-state index in [0.717, 1.165) is 6.42 Å². The predicted octanol–water partition coefficient (Wildman–Crippen LogP) is 2.10. The zero-order valence-electron chi connectivity index (χ0n) is 15.0. The maximum absolute atomic E-state index is 12.4. The molecule has 9 heteroatoms. The Labute approximate surface area is 161 Å². The summed E-state index contributed by atoms with van der Waals surface area (Å²) < 4.78 is 10.1. The third-order valence-electron chi connectivity index (χ3n) is 3.55. The van der Waals surface area contributed by atoms with E-state index in [2.05, 4.69) is 15.8 Å². The average molecular weight is 394 g/mol. The highest BCUT2D eigenvalue weighted by Crippen LogP contribution is 2.31. The Morgan fingerprint density at radius 3 is 2.63 bits per heavy atom. The number of nitrogens with one attached hydrogen (secondary N) is 2. The summed E-state index contributed by atoms with van der Waals surface area (Å²) in [6, 6.07) is 6.85. The monoisotopic (exact) mass is 393 g/mol. The van der Waals surface area contributed by atoms with Crippen LogP contribution in [0.25, 0.3) is 11.3 Å². The van der Waals surface area contributed by atoms with Gasteiger partial charge in [0.05, 0.1) is 11.6 Å². The fourth-order valence-corrected chi connectivity index (χ4v) is 2.43. The summed E-state index contributed by atoms with van der Waals surface area (Å²) in [7, 11) is 0. The second-order valence-corrected chi connectivity index (χ2v) is 6.05. The molecule has 0 aliphatic carbocycles. The normalized spacial score (nSPS) is 10.3. The molecule has 0 spiro atoms. The number of ether oxygens (including phenoxy) is 1. The topological polar surface area (TPSA) is 111 Å². The van der Waals surface area contributed by atoms with Gasteiger partial charge in [-0.05, 0) is 19.4 Å².